The fourth-order valence-electron chi connectivity index (χ4n) is 2.39. The Morgan fingerprint density at radius 2 is 2.00 bits per heavy atom. The lowest BCUT2D eigenvalue weighted by Crippen LogP contribution is -2.33. The fourth-order valence-corrected chi connectivity index (χ4v) is 2.39. The SMILES string of the molecule is O=C1CCN(Cc2cnn(CCCCCO)c2)CC1. The molecule has 1 saturated heterocycles. The normalized spacial score (nSPS) is 17.0. The zero-order chi connectivity index (χ0) is 13.5. The maximum atomic E-state index is 11.2. The molecule has 2 rings (SSSR count). The molecule has 0 aliphatic carbocycles. The van der Waals surface area contributed by atoms with Gasteiger partial charge in [-0.3, -0.25) is 14.4 Å². The molecule has 5 heteroatoms. The van der Waals surface area contributed by atoms with Crippen molar-refractivity contribution in [3.63, 3.8) is 0 Å². The van der Waals surface area contributed by atoms with E-state index in [1.54, 1.807) is 0 Å². The van der Waals surface area contributed by atoms with Crippen LogP contribution in [-0.2, 0) is 17.9 Å². The van der Waals surface area contributed by atoms with Crippen LogP contribution in [0.25, 0.3) is 0 Å². The van der Waals surface area contributed by atoms with Crippen molar-refractivity contribution in [1.82, 2.24) is 14.7 Å². The first-order valence-corrected chi connectivity index (χ1v) is 7.14. The Bertz CT molecular complexity index is 393. The number of ketones is 1. The Morgan fingerprint density at radius 1 is 1.21 bits per heavy atom. The summed E-state index contributed by atoms with van der Waals surface area (Å²) in [6.45, 7) is 3.83. The highest BCUT2D eigenvalue weighted by molar-refractivity contribution is 5.79. The largest absolute Gasteiger partial charge is 0.396 e. The second-order valence-electron chi connectivity index (χ2n) is 5.21. The number of likely N-dealkylation sites (tertiary alicyclic amines) is 1. The maximum absolute atomic E-state index is 11.2. The number of carbonyl (C=O) groups is 1. The number of rotatable bonds is 7. The van der Waals surface area contributed by atoms with Crippen LogP contribution in [0.5, 0.6) is 0 Å². The lowest BCUT2D eigenvalue weighted by Gasteiger charge is -2.24. The molecule has 0 unspecified atom stereocenters. The van der Waals surface area contributed by atoms with E-state index in [2.05, 4.69) is 16.2 Å². The molecule has 0 bridgehead atoms. The number of carbonyl (C=O) groups excluding carboxylic acids is 1. The molecule has 1 aromatic rings. The predicted octanol–water partition coefficient (Wildman–Crippen LogP) is 1.21. The molecule has 0 amide bonds. The van der Waals surface area contributed by atoms with Gasteiger partial charge in [-0.05, 0) is 19.3 Å². The summed E-state index contributed by atoms with van der Waals surface area (Å²) in [5.41, 5.74) is 1.22. The van der Waals surface area contributed by atoms with Crippen LogP contribution in [0.2, 0.25) is 0 Å². The number of piperidine rings is 1. The van der Waals surface area contributed by atoms with Crippen LogP contribution in [0.4, 0.5) is 0 Å². The highest BCUT2D eigenvalue weighted by Crippen LogP contribution is 2.11. The van der Waals surface area contributed by atoms with Gasteiger partial charge in [-0.15, -0.1) is 0 Å². The monoisotopic (exact) mass is 265 g/mol. The number of aromatic nitrogens is 2. The molecule has 19 heavy (non-hydrogen) atoms. The van der Waals surface area contributed by atoms with Crippen molar-refractivity contribution < 1.29 is 9.90 Å². The minimum Gasteiger partial charge on any atom is -0.396 e. The van der Waals surface area contributed by atoms with Crippen molar-refractivity contribution in [2.75, 3.05) is 19.7 Å². The highest BCUT2D eigenvalue weighted by Gasteiger charge is 2.16. The van der Waals surface area contributed by atoms with Gasteiger partial charge in [-0.25, -0.2) is 0 Å². The van der Waals surface area contributed by atoms with E-state index in [9.17, 15) is 4.79 Å². The number of aryl methyl sites for hydroxylation is 1. The lowest BCUT2D eigenvalue weighted by molar-refractivity contribution is -0.121. The van der Waals surface area contributed by atoms with Gasteiger partial charge in [0.2, 0.25) is 0 Å². The Kier molecular flexibility index (Phi) is 5.54. The molecule has 0 saturated carbocycles. The third-order valence-corrected chi connectivity index (χ3v) is 3.55. The van der Waals surface area contributed by atoms with E-state index >= 15 is 0 Å². The average molecular weight is 265 g/mol. The molecule has 106 valence electrons. The average Bonchev–Trinajstić information content (AvgIpc) is 2.85. The van der Waals surface area contributed by atoms with Gasteiger partial charge >= 0.3 is 0 Å². The van der Waals surface area contributed by atoms with Gasteiger partial charge in [-0.1, -0.05) is 0 Å². The lowest BCUT2D eigenvalue weighted by atomic mass is 10.1. The molecule has 0 atom stereocenters. The first-order chi connectivity index (χ1) is 9.28. The second kappa shape index (κ2) is 7.40. The summed E-state index contributed by atoms with van der Waals surface area (Å²) < 4.78 is 1.97. The van der Waals surface area contributed by atoms with E-state index in [1.165, 1.54) is 5.56 Å². The van der Waals surface area contributed by atoms with Crippen LogP contribution in [0.15, 0.2) is 12.4 Å². The van der Waals surface area contributed by atoms with Crippen LogP contribution < -0.4 is 0 Å². The zero-order valence-corrected chi connectivity index (χ0v) is 11.4. The van der Waals surface area contributed by atoms with Crippen molar-refractivity contribution in [3.8, 4) is 0 Å². The van der Waals surface area contributed by atoms with Gasteiger partial charge in [0, 0.05) is 57.4 Å². The summed E-state index contributed by atoms with van der Waals surface area (Å²) in [5.74, 6) is 0.385. The van der Waals surface area contributed by atoms with Gasteiger partial charge in [-0.2, -0.15) is 5.10 Å². The van der Waals surface area contributed by atoms with Gasteiger partial charge in [0.05, 0.1) is 6.20 Å². The first kappa shape index (κ1) is 14.2. The summed E-state index contributed by atoms with van der Waals surface area (Å²) in [7, 11) is 0. The Morgan fingerprint density at radius 3 is 2.74 bits per heavy atom. The third-order valence-electron chi connectivity index (χ3n) is 3.55. The minimum atomic E-state index is 0.276. The maximum Gasteiger partial charge on any atom is 0.135 e. The van der Waals surface area contributed by atoms with E-state index < -0.39 is 0 Å². The second-order valence-corrected chi connectivity index (χ2v) is 5.21. The minimum absolute atomic E-state index is 0.276. The van der Waals surface area contributed by atoms with E-state index in [-0.39, 0.29) is 6.61 Å². The van der Waals surface area contributed by atoms with Crippen molar-refractivity contribution in [2.24, 2.45) is 0 Å². The highest BCUT2D eigenvalue weighted by atomic mass is 16.2. The number of aliphatic hydroxyl groups excluding tert-OH is 1. The number of hydrogen-bond donors (Lipinski definition) is 1. The summed E-state index contributed by atoms with van der Waals surface area (Å²) in [5, 5.41) is 13.1. The summed E-state index contributed by atoms with van der Waals surface area (Å²) in [6.07, 6.45) is 8.36. The van der Waals surface area contributed by atoms with Crippen molar-refractivity contribution >= 4 is 5.78 Å². The molecular weight excluding hydrogens is 242 g/mol. The van der Waals surface area contributed by atoms with Crippen LogP contribution in [0.3, 0.4) is 0 Å². The summed E-state index contributed by atoms with van der Waals surface area (Å²) in [6, 6.07) is 0. The van der Waals surface area contributed by atoms with E-state index in [4.69, 9.17) is 5.11 Å². The predicted molar refractivity (Wildman–Crippen MR) is 72.7 cm³/mol. The zero-order valence-electron chi connectivity index (χ0n) is 11.4. The van der Waals surface area contributed by atoms with Crippen LogP contribution in [0, 0.1) is 0 Å². The quantitative estimate of drug-likeness (QED) is 0.753. The summed E-state index contributed by atoms with van der Waals surface area (Å²) >= 11 is 0. The molecule has 0 aromatic carbocycles. The van der Waals surface area contributed by atoms with Crippen LogP contribution >= 0.6 is 0 Å². The van der Waals surface area contributed by atoms with Crippen LogP contribution in [-0.4, -0.2) is 45.3 Å². The number of aliphatic hydroxyl groups is 1. The standard InChI is InChI=1S/C14H23N3O2/c18-9-3-1-2-6-17-12-13(10-15-17)11-16-7-4-14(19)5-8-16/h10,12,18H,1-9,11H2. The number of nitrogens with zero attached hydrogens (tertiary/aromatic N) is 3. The molecule has 0 spiro atoms. The number of hydrogen-bond acceptors (Lipinski definition) is 4. The molecule has 1 N–H and O–H groups in total. The van der Waals surface area contributed by atoms with Crippen molar-refractivity contribution in [1.29, 1.82) is 0 Å². The number of unbranched alkanes of at least 4 members (excludes halogenated alkanes) is 2. The van der Waals surface area contributed by atoms with E-state index in [0.29, 0.717) is 18.6 Å². The molecule has 1 fully saturated rings. The Balaban J connectivity index is 1.72. The number of Topliss-reactive ketones (excluding diaryl/α,β-unsaturated/α-hetero) is 1. The fraction of sp³-hybridized carbons (Fsp3) is 0.714. The van der Waals surface area contributed by atoms with Crippen molar-refractivity contribution in [3.05, 3.63) is 18.0 Å². The Labute approximate surface area is 114 Å². The van der Waals surface area contributed by atoms with E-state index in [0.717, 1.165) is 45.4 Å². The first-order valence-electron chi connectivity index (χ1n) is 7.14. The van der Waals surface area contributed by atoms with Gasteiger partial charge in [0.15, 0.2) is 0 Å². The van der Waals surface area contributed by atoms with Crippen molar-refractivity contribution in [2.45, 2.75) is 45.2 Å². The molecule has 2 heterocycles. The van der Waals surface area contributed by atoms with Gasteiger partial charge in [0.25, 0.3) is 0 Å². The smallest absolute Gasteiger partial charge is 0.135 e. The molecule has 1 aliphatic rings. The Hall–Kier alpha value is -1.20. The summed E-state index contributed by atoms with van der Waals surface area (Å²) in [4.78, 5) is 13.5. The van der Waals surface area contributed by atoms with Gasteiger partial charge in [0.1, 0.15) is 5.78 Å². The molecule has 1 aromatic heterocycles. The third kappa shape index (κ3) is 4.76. The van der Waals surface area contributed by atoms with Gasteiger partial charge < -0.3 is 5.11 Å². The topological polar surface area (TPSA) is 58.4 Å². The molecule has 1 aliphatic heterocycles. The molecule has 5 nitrogen and oxygen atoms in total. The van der Waals surface area contributed by atoms with E-state index in [1.807, 2.05) is 10.9 Å². The van der Waals surface area contributed by atoms with Crippen LogP contribution in [0.1, 0.15) is 37.7 Å². The molecular formula is C14H23N3O2. The molecule has 0 radical (unpaired) electrons.